The van der Waals surface area contributed by atoms with Gasteiger partial charge in [0.25, 0.3) is 11.8 Å². The van der Waals surface area contributed by atoms with Gasteiger partial charge in [-0.15, -0.1) is 0 Å². The number of rotatable bonds is 20. The molecule has 5 heterocycles. The van der Waals surface area contributed by atoms with Crippen molar-refractivity contribution in [2.45, 2.75) is 210 Å². The smallest absolute Gasteiger partial charge is 0.255 e. The number of carbonyl (C=O) groups excluding carboxylic acids is 2. The molecule has 0 saturated carbocycles. The summed E-state index contributed by atoms with van der Waals surface area (Å²) in [5.41, 5.74) is 10.8. The van der Waals surface area contributed by atoms with E-state index < -0.39 is 32.7 Å². The standard InChI is InChI=1S/C100H114N6O8S4/c1-21-101(22-2)65-37-41-73-77(57-65)113-78-58-66(102(23-3)24-4)38-42-74(78)99(73)71-35-31-29-33-69(71)93(109)105(99)45-47-111-91-85-53-63(97(15,16)17)54-86(91)116-82-50-62(96(12,13)14)52-84(90(82)108)118-88-56-64(98(18,19)20)55-87(117-83-51-61(95(9,10)11)49-81(115-85)89(83)107)92(88)112-48-46-106-94(110)70-34-30-32-36-72(70)100(106)75-43-39-67(103(25-5)26-6)59-79(75)114-80-60-68(40-44-76(80)100)104(27-7)28-8/h29-44,49-60,107-108H,21-28,45-48H2,1-20H3. The first-order chi connectivity index (χ1) is 56.3. The van der Waals surface area contributed by atoms with Crippen LogP contribution in [-0.2, 0) is 32.7 Å². The van der Waals surface area contributed by atoms with Crippen LogP contribution >= 0.6 is 47.0 Å². The molecule has 0 aliphatic carbocycles. The van der Waals surface area contributed by atoms with Crippen molar-refractivity contribution in [2.75, 3.05) is 98.3 Å². The zero-order valence-electron chi connectivity index (χ0n) is 72.3. The molecule has 0 radical (unpaired) electrons. The molecule has 616 valence electrons. The van der Waals surface area contributed by atoms with Crippen LogP contribution in [0.25, 0.3) is 0 Å². The second-order valence-corrected chi connectivity index (χ2v) is 39.7. The lowest BCUT2D eigenvalue weighted by atomic mass is 9.74. The Kier molecular flexibility index (Phi) is 22.8. The molecular formula is C100H114N6O8S4. The number of fused-ring (bicyclic) bond motifs is 20. The Bertz CT molecular complexity index is 5000. The molecule has 0 unspecified atom stereocenters. The Morgan fingerprint density at radius 3 is 0.805 bits per heavy atom. The van der Waals surface area contributed by atoms with Crippen molar-refractivity contribution in [3.63, 3.8) is 0 Å². The normalized spacial score (nSPS) is 14.9. The van der Waals surface area contributed by atoms with Gasteiger partial charge in [-0.05, 0) is 195 Å². The van der Waals surface area contributed by atoms with Crippen LogP contribution in [-0.4, -0.2) is 110 Å². The lowest BCUT2D eigenvalue weighted by Crippen LogP contribution is -2.49. The van der Waals surface area contributed by atoms with E-state index in [-0.39, 0.29) is 49.6 Å². The summed E-state index contributed by atoms with van der Waals surface area (Å²) in [6, 6.07) is 59.2. The Morgan fingerprint density at radius 2 is 0.568 bits per heavy atom. The number of phenolic OH excluding ortho intramolecular Hbond substituents is 2. The molecule has 8 bridgehead atoms. The molecule has 0 aromatic heterocycles. The van der Waals surface area contributed by atoms with E-state index in [4.69, 9.17) is 18.9 Å². The van der Waals surface area contributed by atoms with Gasteiger partial charge in [0.2, 0.25) is 0 Å². The molecule has 118 heavy (non-hydrogen) atoms. The third-order valence-corrected chi connectivity index (χ3v) is 28.6. The van der Waals surface area contributed by atoms with Crippen LogP contribution < -0.4 is 38.5 Å². The zero-order valence-corrected chi connectivity index (χ0v) is 75.6. The van der Waals surface area contributed by atoms with Crippen molar-refractivity contribution in [2.24, 2.45) is 0 Å². The van der Waals surface area contributed by atoms with Crippen LogP contribution in [0.5, 0.6) is 46.0 Å². The fourth-order valence-corrected chi connectivity index (χ4v) is 22.3. The van der Waals surface area contributed by atoms with Crippen molar-refractivity contribution >= 4 is 81.6 Å². The molecule has 14 nitrogen and oxygen atoms in total. The molecule has 18 heteroatoms. The maximum absolute atomic E-state index is 15.9. The van der Waals surface area contributed by atoms with Gasteiger partial charge >= 0.3 is 0 Å². The van der Waals surface area contributed by atoms with Crippen LogP contribution in [0.1, 0.15) is 215 Å². The number of benzene rings is 10. The fraction of sp³-hybridized carbons (Fsp3) is 0.380. The van der Waals surface area contributed by atoms with Crippen molar-refractivity contribution in [1.29, 1.82) is 0 Å². The number of hydrogen-bond donors (Lipinski definition) is 2. The summed E-state index contributed by atoms with van der Waals surface area (Å²) < 4.78 is 29.5. The van der Waals surface area contributed by atoms with E-state index in [1.165, 1.54) is 47.0 Å². The van der Waals surface area contributed by atoms with Gasteiger partial charge in [-0.3, -0.25) is 9.59 Å². The number of aromatic hydroxyl groups is 2. The monoisotopic (exact) mass is 1650 g/mol. The SMILES string of the molecule is CCN(CC)c1ccc2c(c1)Oc1cc(N(CC)CC)ccc1C21c2ccccc2C(=O)N1CCOc1c2cc(C(C)(C)C)cc1Sc1cc(C(C)(C)C)cc(c1O)Sc1cc(C(C)(C)C)cc(c1OCCN1C(=O)c3ccccc3C13c1ccc(N(CC)CC)cc1Oc1cc(N(CC)CC)ccc13)Sc1cc(C(C)(C)C)cc(c1O)S2. The Hall–Kier alpha value is -9.46. The summed E-state index contributed by atoms with van der Waals surface area (Å²) in [6.45, 7) is 50.7. The molecule has 0 fully saturated rings. The molecule has 2 spiro atoms. The highest BCUT2D eigenvalue weighted by Gasteiger charge is 2.58. The number of nitrogens with zero attached hydrogens (tertiary/aromatic N) is 6. The first-order valence-electron chi connectivity index (χ1n) is 42.1. The van der Waals surface area contributed by atoms with Gasteiger partial charge in [0.15, 0.2) is 0 Å². The summed E-state index contributed by atoms with van der Waals surface area (Å²) in [5.74, 6) is 3.80. The van der Waals surface area contributed by atoms with E-state index in [0.29, 0.717) is 65.2 Å². The zero-order chi connectivity index (χ0) is 84.0. The first kappa shape index (κ1) is 83.6. The first-order valence-corrected chi connectivity index (χ1v) is 45.4. The number of ether oxygens (including phenoxy) is 4. The topological polar surface area (TPSA) is 131 Å². The van der Waals surface area contributed by atoms with Crippen LogP contribution in [0.3, 0.4) is 0 Å². The van der Waals surface area contributed by atoms with Crippen LogP contribution in [0.4, 0.5) is 22.7 Å². The van der Waals surface area contributed by atoms with Crippen molar-refractivity contribution in [1.82, 2.24) is 9.80 Å². The minimum absolute atomic E-state index is 0.0558. The van der Waals surface area contributed by atoms with Gasteiger partial charge in [0, 0.05) is 133 Å². The molecule has 5 aliphatic heterocycles. The summed E-state index contributed by atoms with van der Waals surface area (Å²) in [4.78, 5) is 50.6. The van der Waals surface area contributed by atoms with E-state index in [1.807, 2.05) is 46.2 Å². The van der Waals surface area contributed by atoms with Gasteiger partial charge in [-0.25, -0.2) is 0 Å². The number of hydrogen-bond acceptors (Lipinski definition) is 16. The maximum atomic E-state index is 15.9. The minimum Gasteiger partial charge on any atom is -0.506 e. The lowest BCUT2D eigenvalue weighted by Gasteiger charge is -2.44. The van der Waals surface area contributed by atoms with Gasteiger partial charge in [-0.2, -0.15) is 0 Å². The molecule has 15 rings (SSSR count). The fourth-order valence-electron chi connectivity index (χ4n) is 17.7. The molecule has 0 saturated heterocycles. The number of phenols is 2. The average molecular weight is 1660 g/mol. The highest BCUT2D eigenvalue weighted by molar-refractivity contribution is 8.01. The third kappa shape index (κ3) is 14.7. The second kappa shape index (κ2) is 32.3. The van der Waals surface area contributed by atoms with Crippen LogP contribution in [0, 0.1) is 0 Å². The number of carbonyl (C=O) groups is 2. The van der Waals surface area contributed by atoms with Crippen molar-refractivity contribution < 1.29 is 38.7 Å². The van der Waals surface area contributed by atoms with Crippen LogP contribution in [0.15, 0.2) is 209 Å². The quantitative estimate of drug-likeness (QED) is 0.0750. The molecular weight excluding hydrogens is 1540 g/mol. The van der Waals surface area contributed by atoms with E-state index in [1.54, 1.807) is 0 Å². The average Bonchev–Trinajstić information content (AvgIpc) is 1.51. The second-order valence-electron chi connectivity index (χ2n) is 35.4. The predicted octanol–water partition coefficient (Wildman–Crippen LogP) is 24.5. The van der Waals surface area contributed by atoms with E-state index >= 15 is 9.59 Å². The largest absolute Gasteiger partial charge is 0.506 e. The molecule has 10 aromatic carbocycles. The summed E-state index contributed by atoms with van der Waals surface area (Å²) >= 11 is 5.82. The number of amides is 2. The maximum Gasteiger partial charge on any atom is 0.255 e. The predicted molar refractivity (Wildman–Crippen MR) is 486 cm³/mol. The van der Waals surface area contributed by atoms with Gasteiger partial charge in [0.05, 0.1) is 52.3 Å². The molecule has 0 atom stereocenters. The Morgan fingerprint density at radius 1 is 0.331 bits per heavy atom. The van der Waals surface area contributed by atoms with Gasteiger partial charge in [-0.1, -0.05) is 191 Å². The summed E-state index contributed by atoms with van der Waals surface area (Å²) in [7, 11) is 0. The molecule has 2 amide bonds. The Balaban J connectivity index is 0.879. The lowest BCUT2D eigenvalue weighted by molar-refractivity contribution is 0.0618. The summed E-state index contributed by atoms with van der Waals surface area (Å²) in [5, 5.41) is 27.2. The molecule has 10 aromatic rings. The minimum atomic E-state index is -1.13. The van der Waals surface area contributed by atoms with Crippen molar-refractivity contribution in [3.05, 3.63) is 237 Å². The van der Waals surface area contributed by atoms with E-state index in [0.717, 1.165) is 150 Å². The van der Waals surface area contributed by atoms with E-state index in [9.17, 15) is 10.2 Å². The van der Waals surface area contributed by atoms with Gasteiger partial charge < -0.3 is 58.6 Å². The van der Waals surface area contributed by atoms with E-state index in [2.05, 4.69) is 292 Å². The Labute approximate surface area is 716 Å². The van der Waals surface area contributed by atoms with Crippen molar-refractivity contribution in [3.8, 4) is 46.0 Å². The highest BCUT2D eigenvalue weighted by atomic mass is 32.2. The molecule has 2 N–H and O–H groups in total. The summed E-state index contributed by atoms with van der Waals surface area (Å²) in [6.07, 6.45) is 0. The number of anilines is 4. The highest BCUT2D eigenvalue weighted by Crippen LogP contribution is 2.63. The third-order valence-electron chi connectivity index (χ3n) is 24.4. The van der Waals surface area contributed by atoms with Gasteiger partial charge in [0.1, 0.15) is 70.3 Å². The van der Waals surface area contributed by atoms with Crippen LogP contribution in [0.2, 0.25) is 0 Å². The molecule has 5 aliphatic rings.